The Labute approximate surface area is 124 Å². The van der Waals surface area contributed by atoms with Crippen LogP contribution in [0.25, 0.3) is 0 Å². The number of carbonyl (C=O) groups excluding carboxylic acids is 1. The van der Waals surface area contributed by atoms with E-state index >= 15 is 0 Å². The number of rotatable bonds is 3. The minimum absolute atomic E-state index is 0.201. The Morgan fingerprint density at radius 1 is 1.05 bits per heavy atom. The predicted molar refractivity (Wildman–Crippen MR) is 84.3 cm³/mol. The molecule has 2 aromatic carbocycles. The Morgan fingerprint density at radius 2 is 1.60 bits per heavy atom. The molecule has 3 heteroatoms. The van der Waals surface area contributed by atoms with Crippen LogP contribution in [0, 0.1) is 20.8 Å². The normalized spacial score (nSPS) is 12.0. The number of carbonyl (C=O) groups is 1. The van der Waals surface area contributed by atoms with Crippen molar-refractivity contribution < 1.29 is 4.79 Å². The summed E-state index contributed by atoms with van der Waals surface area (Å²) < 4.78 is 0. The molecule has 0 aliphatic carbocycles. The molecule has 0 bridgehead atoms. The van der Waals surface area contributed by atoms with Crippen LogP contribution in [0.3, 0.4) is 0 Å². The van der Waals surface area contributed by atoms with E-state index in [0.717, 1.165) is 22.4 Å². The summed E-state index contributed by atoms with van der Waals surface area (Å²) in [7, 11) is 0. The summed E-state index contributed by atoms with van der Waals surface area (Å²) in [5.41, 5.74) is 4.93. The number of benzene rings is 2. The molecule has 2 nitrogen and oxygen atoms in total. The number of anilines is 1. The van der Waals surface area contributed by atoms with Gasteiger partial charge in [0, 0.05) is 5.69 Å². The zero-order chi connectivity index (χ0) is 14.7. The first kappa shape index (κ1) is 14.6. The Morgan fingerprint density at radius 3 is 2.15 bits per heavy atom. The topological polar surface area (TPSA) is 29.1 Å². The lowest BCUT2D eigenvalue weighted by Crippen LogP contribution is -2.18. The summed E-state index contributed by atoms with van der Waals surface area (Å²) in [6.45, 7) is 6.02. The van der Waals surface area contributed by atoms with Crippen molar-refractivity contribution in [1.82, 2.24) is 0 Å². The van der Waals surface area contributed by atoms with Crippen molar-refractivity contribution >= 4 is 23.2 Å². The molecule has 1 N–H and O–H groups in total. The van der Waals surface area contributed by atoms with Gasteiger partial charge in [-0.2, -0.15) is 0 Å². The van der Waals surface area contributed by atoms with Gasteiger partial charge in [0.2, 0.25) is 5.91 Å². The minimum atomic E-state index is -0.684. The number of hydrogen-bond acceptors (Lipinski definition) is 1. The van der Waals surface area contributed by atoms with Gasteiger partial charge in [-0.1, -0.05) is 48.0 Å². The highest BCUT2D eigenvalue weighted by molar-refractivity contribution is 6.32. The number of amides is 1. The van der Waals surface area contributed by atoms with Crippen molar-refractivity contribution in [2.45, 2.75) is 26.1 Å². The van der Waals surface area contributed by atoms with Gasteiger partial charge in [0.25, 0.3) is 0 Å². The second-order valence-electron chi connectivity index (χ2n) is 5.04. The van der Waals surface area contributed by atoms with Crippen LogP contribution in [0.1, 0.15) is 27.6 Å². The molecule has 0 aliphatic rings. The van der Waals surface area contributed by atoms with Gasteiger partial charge in [-0.05, 0) is 37.5 Å². The molecule has 0 heterocycles. The van der Waals surface area contributed by atoms with E-state index in [1.807, 2.05) is 63.2 Å². The van der Waals surface area contributed by atoms with Crippen molar-refractivity contribution in [3.8, 4) is 0 Å². The Bertz CT molecular complexity index is 599. The van der Waals surface area contributed by atoms with Crippen LogP contribution in [0.5, 0.6) is 0 Å². The maximum Gasteiger partial charge on any atom is 0.246 e. The van der Waals surface area contributed by atoms with Gasteiger partial charge in [-0.3, -0.25) is 4.79 Å². The summed E-state index contributed by atoms with van der Waals surface area (Å²) in [5, 5.41) is 2.25. The quantitative estimate of drug-likeness (QED) is 0.826. The van der Waals surface area contributed by atoms with Gasteiger partial charge >= 0.3 is 0 Å². The van der Waals surface area contributed by atoms with Crippen LogP contribution < -0.4 is 5.32 Å². The molecule has 0 spiro atoms. The summed E-state index contributed by atoms with van der Waals surface area (Å²) in [6.07, 6.45) is 0. The van der Waals surface area contributed by atoms with Crippen molar-refractivity contribution in [2.24, 2.45) is 0 Å². The third-order valence-corrected chi connectivity index (χ3v) is 3.70. The van der Waals surface area contributed by atoms with Gasteiger partial charge in [-0.15, -0.1) is 11.6 Å². The van der Waals surface area contributed by atoms with E-state index in [1.54, 1.807) is 0 Å². The van der Waals surface area contributed by atoms with Crippen LogP contribution in [-0.2, 0) is 4.79 Å². The molecule has 1 amide bonds. The van der Waals surface area contributed by atoms with Crippen LogP contribution in [0.15, 0.2) is 42.5 Å². The fraction of sp³-hybridized carbons (Fsp3) is 0.235. The molecule has 2 rings (SSSR count). The Hall–Kier alpha value is -1.80. The standard InChI is InChI=1S/C17H18ClNO/c1-11-9-12(2)16(13(3)10-11)19-17(20)15(18)14-7-5-4-6-8-14/h4-10,15H,1-3H3,(H,19,20). The van der Waals surface area contributed by atoms with Gasteiger partial charge in [0.1, 0.15) is 5.38 Å². The van der Waals surface area contributed by atoms with E-state index in [1.165, 1.54) is 5.56 Å². The van der Waals surface area contributed by atoms with E-state index < -0.39 is 5.38 Å². The first-order valence-corrected chi connectivity index (χ1v) is 7.00. The Balaban J connectivity index is 2.20. The molecule has 0 aromatic heterocycles. The molecule has 20 heavy (non-hydrogen) atoms. The summed E-state index contributed by atoms with van der Waals surface area (Å²) in [6, 6.07) is 13.5. The molecule has 0 aliphatic heterocycles. The van der Waals surface area contributed by atoms with Crippen LogP contribution in [0.4, 0.5) is 5.69 Å². The van der Waals surface area contributed by atoms with E-state index in [4.69, 9.17) is 11.6 Å². The highest BCUT2D eigenvalue weighted by Gasteiger charge is 2.18. The lowest BCUT2D eigenvalue weighted by atomic mass is 10.0. The minimum Gasteiger partial charge on any atom is -0.324 e. The fourth-order valence-corrected chi connectivity index (χ4v) is 2.54. The van der Waals surface area contributed by atoms with Gasteiger partial charge in [0.15, 0.2) is 0 Å². The zero-order valence-electron chi connectivity index (χ0n) is 11.9. The lowest BCUT2D eigenvalue weighted by Gasteiger charge is -2.15. The Kier molecular flexibility index (Phi) is 4.46. The number of hydrogen-bond donors (Lipinski definition) is 1. The third-order valence-electron chi connectivity index (χ3n) is 3.25. The second kappa shape index (κ2) is 6.10. The average Bonchev–Trinajstić information content (AvgIpc) is 2.42. The van der Waals surface area contributed by atoms with Crippen molar-refractivity contribution in [2.75, 3.05) is 5.32 Å². The zero-order valence-corrected chi connectivity index (χ0v) is 12.7. The molecule has 0 fully saturated rings. The van der Waals surface area contributed by atoms with E-state index in [-0.39, 0.29) is 5.91 Å². The maximum atomic E-state index is 12.3. The molecular weight excluding hydrogens is 270 g/mol. The second-order valence-corrected chi connectivity index (χ2v) is 5.47. The smallest absolute Gasteiger partial charge is 0.246 e. The largest absolute Gasteiger partial charge is 0.324 e. The molecular formula is C17H18ClNO. The van der Waals surface area contributed by atoms with Crippen LogP contribution in [-0.4, -0.2) is 5.91 Å². The number of halogens is 1. The molecule has 104 valence electrons. The average molecular weight is 288 g/mol. The van der Waals surface area contributed by atoms with Crippen LogP contribution >= 0.6 is 11.6 Å². The van der Waals surface area contributed by atoms with Crippen molar-refractivity contribution in [1.29, 1.82) is 0 Å². The summed E-state index contributed by atoms with van der Waals surface area (Å²) in [5.74, 6) is -0.201. The molecule has 0 saturated heterocycles. The number of nitrogens with one attached hydrogen (secondary N) is 1. The predicted octanol–water partition coefficient (Wildman–Crippen LogP) is 4.53. The SMILES string of the molecule is Cc1cc(C)c(NC(=O)C(Cl)c2ccccc2)c(C)c1. The highest BCUT2D eigenvalue weighted by Crippen LogP contribution is 2.26. The van der Waals surface area contributed by atoms with E-state index in [0.29, 0.717) is 0 Å². The molecule has 2 aromatic rings. The maximum absolute atomic E-state index is 12.3. The van der Waals surface area contributed by atoms with Gasteiger partial charge < -0.3 is 5.32 Å². The molecule has 1 unspecified atom stereocenters. The molecule has 0 radical (unpaired) electrons. The van der Waals surface area contributed by atoms with Gasteiger partial charge in [-0.25, -0.2) is 0 Å². The lowest BCUT2D eigenvalue weighted by molar-refractivity contribution is -0.116. The summed E-state index contributed by atoms with van der Waals surface area (Å²) in [4.78, 5) is 12.3. The van der Waals surface area contributed by atoms with Crippen molar-refractivity contribution in [3.63, 3.8) is 0 Å². The third kappa shape index (κ3) is 3.20. The van der Waals surface area contributed by atoms with E-state index in [2.05, 4.69) is 5.32 Å². The molecule has 0 saturated carbocycles. The summed E-state index contributed by atoms with van der Waals surface area (Å²) >= 11 is 6.23. The first-order chi connectivity index (χ1) is 9.49. The van der Waals surface area contributed by atoms with Crippen molar-refractivity contribution in [3.05, 3.63) is 64.7 Å². The van der Waals surface area contributed by atoms with Crippen LogP contribution in [0.2, 0.25) is 0 Å². The monoisotopic (exact) mass is 287 g/mol. The number of aryl methyl sites for hydroxylation is 3. The van der Waals surface area contributed by atoms with E-state index in [9.17, 15) is 4.79 Å². The fourth-order valence-electron chi connectivity index (χ4n) is 2.34. The van der Waals surface area contributed by atoms with Gasteiger partial charge in [0.05, 0.1) is 0 Å². The number of alkyl halides is 1. The highest BCUT2D eigenvalue weighted by atomic mass is 35.5. The molecule has 1 atom stereocenters. The first-order valence-electron chi connectivity index (χ1n) is 6.57.